The van der Waals surface area contributed by atoms with Crippen LogP contribution in [0.4, 0.5) is 0 Å². The Morgan fingerprint density at radius 3 is 2.63 bits per heavy atom. The number of rotatable bonds is 5. The van der Waals surface area contributed by atoms with Gasteiger partial charge in [-0.15, -0.1) is 11.3 Å². The molecule has 0 aliphatic heterocycles. The lowest BCUT2D eigenvalue weighted by Gasteiger charge is -2.17. The first-order chi connectivity index (χ1) is 9.17. The molecule has 0 aliphatic carbocycles. The summed E-state index contributed by atoms with van der Waals surface area (Å²) in [6, 6.07) is 2.24. The fourth-order valence-corrected chi connectivity index (χ4v) is 3.09. The smallest absolute Gasteiger partial charge is 0.237 e. The van der Waals surface area contributed by atoms with E-state index in [0.717, 1.165) is 12.2 Å². The molecule has 2 heterocycles. The number of ether oxygens (including phenoxy) is 1. The highest BCUT2D eigenvalue weighted by Crippen LogP contribution is 2.32. The topological polar surface area (TPSA) is 47.0 Å². The number of methoxy groups -OCH3 is 1. The summed E-state index contributed by atoms with van der Waals surface area (Å²) < 4.78 is 5.32. The van der Waals surface area contributed by atoms with Crippen molar-refractivity contribution >= 4 is 11.3 Å². The standard InChI is InChI=1S/C14H19N3OS/c1-5-15-12(11-8-9(2)10(3)19-11)13-14(18-4)17-7-6-16-13/h6-8,12,15H,5H2,1-4H3. The third kappa shape index (κ3) is 2.93. The molecule has 5 heteroatoms. The highest BCUT2D eigenvalue weighted by atomic mass is 32.1. The van der Waals surface area contributed by atoms with Crippen molar-refractivity contribution in [2.45, 2.75) is 26.8 Å². The average molecular weight is 277 g/mol. The molecule has 2 aromatic heterocycles. The van der Waals surface area contributed by atoms with Crippen LogP contribution >= 0.6 is 11.3 Å². The summed E-state index contributed by atoms with van der Waals surface area (Å²) in [7, 11) is 1.63. The molecular weight excluding hydrogens is 258 g/mol. The Kier molecular flexibility index (Phi) is 4.50. The maximum absolute atomic E-state index is 5.32. The quantitative estimate of drug-likeness (QED) is 0.913. The van der Waals surface area contributed by atoms with Gasteiger partial charge in [0.15, 0.2) is 0 Å². The van der Waals surface area contributed by atoms with E-state index < -0.39 is 0 Å². The van der Waals surface area contributed by atoms with Crippen molar-refractivity contribution in [3.05, 3.63) is 39.5 Å². The summed E-state index contributed by atoms with van der Waals surface area (Å²) in [6.07, 6.45) is 3.35. The molecule has 19 heavy (non-hydrogen) atoms. The maximum atomic E-state index is 5.32. The van der Waals surface area contributed by atoms with Gasteiger partial charge < -0.3 is 10.1 Å². The van der Waals surface area contributed by atoms with E-state index in [9.17, 15) is 0 Å². The second-order valence-corrected chi connectivity index (χ2v) is 5.62. The van der Waals surface area contributed by atoms with Crippen LogP contribution in [0.2, 0.25) is 0 Å². The van der Waals surface area contributed by atoms with Gasteiger partial charge in [0.05, 0.1) is 13.2 Å². The zero-order valence-electron chi connectivity index (χ0n) is 11.7. The van der Waals surface area contributed by atoms with Gasteiger partial charge in [-0.3, -0.25) is 4.98 Å². The summed E-state index contributed by atoms with van der Waals surface area (Å²) in [5, 5.41) is 3.46. The number of aromatic nitrogens is 2. The highest BCUT2D eigenvalue weighted by molar-refractivity contribution is 7.12. The van der Waals surface area contributed by atoms with Gasteiger partial charge in [0, 0.05) is 22.1 Å². The summed E-state index contributed by atoms with van der Waals surface area (Å²) >= 11 is 1.79. The molecule has 2 aromatic rings. The monoisotopic (exact) mass is 277 g/mol. The molecule has 1 unspecified atom stereocenters. The molecule has 2 rings (SSSR count). The van der Waals surface area contributed by atoms with Crippen molar-refractivity contribution in [3.8, 4) is 5.88 Å². The summed E-state index contributed by atoms with van der Waals surface area (Å²) in [5.74, 6) is 0.581. The van der Waals surface area contributed by atoms with Crippen LogP contribution in [0.15, 0.2) is 18.5 Å². The van der Waals surface area contributed by atoms with Gasteiger partial charge in [0.2, 0.25) is 5.88 Å². The molecule has 1 atom stereocenters. The molecule has 4 nitrogen and oxygen atoms in total. The van der Waals surface area contributed by atoms with E-state index >= 15 is 0 Å². The minimum Gasteiger partial charge on any atom is -0.480 e. The molecule has 0 bridgehead atoms. The second-order valence-electron chi connectivity index (χ2n) is 4.33. The van der Waals surface area contributed by atoms with Gasteiger partial charge in [-0.25, -0.2) is 4.98 Å². The highest BCUT2D eigenvalue weighted by Gasteiger charge is 2.21. The lowest BCUT2D eigenvalue weighted by molar-refractivity contribution is 0.383. The molecule has 0 spiro atoms. The number of hydrogen-bond donors (Lipinski definition) is 1. The van der Waals surface area contributed by atoms with Crippen LogP contribution in [-0.4, -0.2) is 23.6 Å². The zero-order chi connectivity index (χ0) is 13.8. The SMILES string of the molecule is CCNC(c1cc(C)c(C)s1)c1nccnc1OC. The zero-order valence-corrected chi connectivity index (χ0v) is 12.5. The van der Waals surface area contributed by atoms with E-state index in [2.05, 4.69) is 42.1 Å². The molecule has 0 saturated heterocycles. The molecule has 0 fully saturated rings. The predicted molar refractivity (Wildman–Crippen MR) is 77.9 cm³/mol. The molecule has 102 valence electrons. The fourth-order valence-electron chi connectivity index (χ4n) is 1.97. The Bertz CT molecular complexity index is 534. The Hall–Kier alpha value is -1.46. The maximum Gasteiger partial charge on any atom is 0.237 e. The summed E-state index contributed by atoms with van der Waals surface area (Å²) in [4.78, 5) is 11.3. The van der Waals surface area contributed by atoms with Crippen molar-refractivity contribution in [1.29, 1.82) is 0 Å². The molecular formula is C14H19N3OS. The van der Waals surface area contributed by atoms with Crippen molar-refractivity contribution in [1.82, 2.24) is 15.3 Å². The fraction of sp³-hybridized carbons (Fsp3) is 0.429. The van der Waals surface area contributed by atoms with Gasteiger partial charge in [0.1, 0.15) is 5.69 Å². The van der Waals surface area contributed by atoms with Gasteiger partial charge in [-0.05, 0) is 32.0 Å². The van der Waals surface area contributed by atoms with Crippen molar-refractivity contribution in [2.24, 2.45) is 0 Å². The van der Waals surface area contributed by atoms with Crippen LogP contribution in [-0.2, 0) is 0 Å². The van der Waals surface area contributed by atoms with Gasteiger partial charge in [0.25, 0.3) is 0 Å². The van der Waals surface area contributed by atoms with E-state index in [1.54, 1.807) is 30.8 Å². The van der Waals surface area contributed by atoms with Crippen molar-refractivity contribution < 1.29 is 4.74 Å². The molecule has 1 N–H and O–H groups in total. The van der Waals surface area contributed by atoms with Crippen LogP contribution in [0, 0.1) is 13.8 Å². The Balaban J connectivity index is 2.44. The first-order valence-electron chi connectivity index (χ1n) is 6.32. The van der Waals surface area contributed by atoms with Crippen LogP contribution in [0.3, 0.4) is 0 Å². The lowest BCUT2D eigenvalue weighted by Crippen LogP contribution is -2.23. The first kappa shape index (κ1) is 14.0. The molecule has 0 aromatic carbocycles. The number of nitrogens with one attached hydrogen (secondary N) is 1. The van der Waals surface area contributed by atoms with Gasteiger partial charge in [-0.2, -0.15) is 0 Å². The predicted octanol–water partition coefficient (Wildman–Crippen LogP) is 2.86. The van der Waals surface area contributed by atoms with E-state index in [-0.39, 0.29) is 6.04 Å². The van der Waals surface area contributed by atoms with Crippen molar-refractivity contribution in [2.75, 3.05) is 13.7 Å². The molecule has 0 saturated carbocycles. The van der Waals surface area contributed by atoms with E-state index in [1.807, 2.05) is 0 Å². The van der Waals surface area contributed by atoms with Crippen LogP contribution in [0.5, 0.6) is 5.88 Å². The van der Waals surface area contributed by atoms with Crippen molar-refractivity contribution in [3.63, 3.8) is 0 Å². The number of hydrogen-bond acceptors (Lipinski definition) is 5. The van der Waals surface area contributed by atoms with E-state index in [1.165, 1.54) is 15.3 Å². The number of thiophene rings is 1. The van der Waals surface area contributed by atoms with Gasteiger partial charge >= 0.3 is 0 Å². The minimum atomic E-state index is 0.0334. The Morgan fingerprint density at radius 1 is 1.32 bits per heavy atom. The summed E-state index contributed by atoms with van der Waals surface area (Å²) in [6.45, 7) is 7.22. The minimum absolute atomic E-state index is 0.0334. The normalized spacial score (nSPS) is 12.4. The van der Waals surface area contributed by atoms with E-state index in [4.69, 9.17) is 4.74 Å². The Labute approximate surface area is 117 Å². The average Bonchev–Trinajstić information content (AvgIpc) is 2.76. The largest absolute Gasteiger partial charge is 0.480 e. The Morgan fingerprint density at radius 2 is 2.05 bits per heavy atom. The third-order valence-electron chi connectivity index (χ3n) is 3.04. The third-order valence-corrected chi connectivity index (χ3v) is 4.25. The molecule has 0 amide bonds. The lowest BCUT2D eigenvalue weighted by atomic mass is 10.1. The molecule has 0 aliphatic rings. The second kappa shape index (κ2) is 6.12. The van der Waals surface area contributed by atoms with Crippen LogP contribution in [0.1, 0.15) is 34.0 Å². The van der Waals surface area contributed by atoms with Gasteiger partial charge in [-0.1, -0.05) is 6.92 Å². The van der Waals surface area contributed by atoms with Crippen LogP contribution in [0.25, 0.3) is 0 Å². The van der Waals surface area contributed by atoms with E-state index in [0.29, 0.717) is 5.88 Å². The number of aryl methyl sites for hydroxylation is 2. The van der Waals surface area contributed by atoms with Crippen LogP contribution < -0.4 is 10.1 Å². The summed E-state index contributed by atoms with van der Waals surface area (Å²) in [5.41, 5.74) is 2.15. The first-order valence-corrected chi connectivity index (χ1v) is 7.14. The molecule has 0 radical (unpaired) electrons. The number of nitrogens with zero attached hydrogens (tertiary/aromatic N) is 2.